The molecular weight excluding hydrogens is 302 g/mol. The zero-order chi connectivity index (χ0) is 17.4. The van der Waals surface area contributed by atoms with Gasteiger partial charge in [-0.05, 0) is 45.7 Å². The molecule has 6 nitrogen and oxygen atoms in total. The summed E-state index contributed by atoms with van der Waals surface area (Å²) in [6.07, 6.45) is 5.04. The molecule has 24 heavy (non-hydrogen) atoms. The molecule has 0 radical (unpaired) electrons. The SMILES string of the molecule is CCNC(=NCC1(CCOC)CCC1)NCC1CN(C)CCN1C. The molecule has 1 heterocycles. The topological polar surface area (TPSA) is 52.1 Å². The van der Waals surface area contributed by atoms with E-state index in [0.717, 1.165) is 58.3 Å². The molecular formula is C18H37N5O. The van der Waals surface area contributed by atoms with E-state index in [4.69, 9.17) is 9.73 Å². The molecule has 2 fully saturated rings. The summed E-state index contributed by atoms with van der Waals surface area (Å²) in [6, 6.07) is 0.541. The summed E-state index contributed by atoms with van der Waals surface area (Å²) in [4.78, 5) is 9.75. The second kappa shape index (κ2) is 9.59. The molecule has 0 aromatic rings. The lowest BCUT2D eigenvalue weighted by atomic mass is 9.67. The number of likely N-dealkylation sites (N-methyl/N-ethyl adjacent to an activating group) is 2. The van der Waals surface area contributed by atoms with E-state index in [-0.39, 0.29) is 0 Å². The second-order valence-corrected chi connectivity index (χ2v) is 7.57. The number of methoxy groups -OCH3 is 1. The fraction of sp³-hybridized carbons (Fsp3) is 0.944. The van der Waals surface area contributed by atoms with Gasteiger partial charge < -0.3 is 20.3 Å². The second-order valence-electron chi connectivity index (χ2n) is 7.57. The number of ether oxygens (including phenoxy) is 1. The average molecular weight is 340 g/mol. The molecule has 0 aromatic heterocycles. The van der Waals surface area contributed by atoms with Gasteiger partial charge in [0.15, 0.2) is 5.96 Å². The van der Waals surface area contributed by atoms with Crippen molar-refractivity contribution >= 4 is 5.96 Å². The highest BCUT2D eigenvalue weighted by Crippen LogP contribution is 2.44. The molecule has 2 rings (SSSR count). The Balaban J connectivity index is 1.85. The number of piperazine rings is 1. The van der Waals surface area contributed by atoms with E-state index in [2.05, 4.69) is 41.5 Å². The summed E-state index contributed by atoms with van der Waals surface area (Å²) in [7, 11) is 6.21. The summed E-state index contributed by atoms with van der Waals surface area (Å²) < 4.78 is 5.29. The summed E-state index contributed by atoms with van der Waals surface area (Å²) in [5, 5.41) is 6.96. The molecule has 1 aliphatic heterocycles. The van der Waals surface area contributed by atoms with Crippen LogP contribution in [0, 0.1) is 5.41 Å². The van der Waals surface area contributed by atoms with Crippen LogP contribution in [0.15, 0.2) is 4.99 Å². The minimum Gasteiger partial charge on any atom is -0.385 e. The first-order valence-corrected chi connectivity index (χ1v) is 9.48. The van der Waals surface area contributed by atoms with Crippen LogP contribution >= 0.6 is 0 Å². The normalized spacial score (nSPS) is 25.3. The van der Waals surface area contributed by atoms with Crippen LogP contribution in [-0.4, -0.2) is 88.9 Å². The summed E-state index contributed by atoms with van der Waals surface area (Å²) in [5.74, 6) is 0.961. The van der Waals surface area contributed by atoms with Gasteiger partial charge in [-0.15, -0.1) is 0 Å². The maximum absolute atomic E-state index is 5.29. The number of guanidine groups is 1. The van der Waals surface area contributed by atoms with Crippen LogP contribution in [0.1, 0.15) is 32.6 Å². The Bertz CT molecular complexity index is 397. The monoisotopic (exact) mass is 339 g/mol. The van der Waals surface area contributed by atoms with Crippen molar-refractivity contribution in [2.24, 2.45) is 10.4 Å². The van der Waals surface area contributed by atoms with Gasteiger partial charge in [0.05, 0.1) is 0 Å². The first-order valence-electron chi connectivity index (χ1n) is 9.48. The summed E-state index contributed by atoms with van der Waals surface area (Å²) in [5.41, 5.74) is 0.375. The number of nitrogens with one attached hydrogen (secondary N) is 2. The number of hydrogen-bond acceptors (Lipinski definition) is 4. The minimum atomic E-state index is 0.375. The molecule has 2 N–H and O–H groups in total. The van der Waals surface area contributed by atoms with E-state index in [0.29, 0.717) is 11.5 Å². The highest BCUT2D eigenvalue weighted by Gasteiger charge is 2.36. The first-order chi connectivity index (χ1) is 11.6. The Morgan fingerprint density at radius 3 is 2.67 bits per heavy atom. The van der Waals surface area contributed by atoms with Crippen molar-refractivity contribution in [3.63, 3.8) is 0 Å². The van der Waals surface area contributed by atoms with Gasteiger partial charge in [-0.25, -0.2) is 0 Å². The fourth-order valence-electron chi connectivity index (χ4n) is 3.61. The zero-order valence-corrected chi connectivity index (χ0v) is 16.1. The van der Waals surface area contributed by atoms with E-state index in [1.165, 1.54) is 19.3 Å². The van der Waals surface area contributed by atoms with Crippen molar-refractivity contribution in [2.45, 2.75) is 38.6 Å². The van der Waals surface area contributed by atoms with Gasteiger partial charge in [-0.3, -0.25) is 9.89 Å². The van der Waals surface area contributed by atoms with E-state index in [1.54, 1.807) is 7.11 Å². The standard InChI is InChI=1S/C18H37N5O/c1-5-19-17(20-13-16-14-22(2)10-11-23(16)3)21-15-18(7-6-8-18)9-12-24-4/h16H,5-15H2,1-4H3,(H2,19,20,21). The van der Waals surface area contributed by atoms with Gasteiger partial charge in [0, 0.05) is 59.0 Å². The highest BCUT2D eigenvalue weighted by molar-refractivity contribution is 5.79. The number of aliphatic imine (C=N–C) groups is 1. The molecule has 1 aliphatic carbocycles. The van der Waals surface area contributed by atoms with Crippen molar-refractivity contribution in [1.82, 2.24) is 20.4 Å². The van der Waals surface area contributed by atoms with E-state index < -0.39 is 0 Å². The van der Waals surface area contributed by atoms with Crippen molar-refractivity contribution in [3.05, 3.63) is 0 Å². The lowest BCUT2D eigenvalue weighted by Crippen LogP contribution is -2.55. The van der Waals surface area contributed by atoms with Gasteiger partial charge in [-0.1, -0.05) is 6.42 Å². The quantitative estimate of drug-likeness (QED) is 0.510. The van der Waals surface area contributed by atoms with Gasteiger partial charge in [0.1, 0.15) is 0 Å². The van der Waals surface area contributed by atoms with Crippen LogP contribution in [0.3, 0.4) is 0 Å². The third-order valence-electron chi connectivity index (χ3n) is 5.65. The third kappa shape index (κ3) is 5.60. The molecule has 1 saturated carbocycles. The van der Waals surface area contributed by atoms with Crippen LogP contribution in [0.25, 0.3) is 0 Å². The van der Waals surface area contributed by atoms with Crippen molar-refractivity contribution in [2.75, 3.05) is 67.1 Å². The lowest BCUT2D eigenvalue weighted by Gasteiger charge is -2.41. The Hall–Kier alpha value is -0.850. The predicted octanol–water partition coefficient (Wildman–Crippen LogP) is 0.994. The number of nitrogens with zero attached hydrogens (tertiary/aromatic N) is 3. The Labute approximate surface area is 148 Å². The largest absolute Gasteiger partial charge is 0.385 e. The van der Waals surface area contributed by atoms with Crippen molar-refractivity contribution in [1.29, 1.82) is 0 Å². The van der Waals surface area contributed by atoms with Gasteiger partial charge in [0.2, 0.25) is 0 Å². The van der Waals surface area contributed by atoms with Crippen LogP contribution in [0.4, 0.5) is 0 Å². The molecule has 0 aromatic carbocycles. The van der Waals surface area contributed by atoms with Crippen molar-refractivity contribution in [3.8, 4) is 0 Å². The maximum Gasteiger partial charge on any atom is 0.191 e. The smallest absolute Gasteiger partial charge is 0.191 e. The predicted molar refractivity (Wildman–Crippen MR) is 101 cm³/mol. The molecule has 0 bridgehead atoms. The Morgan fingerprint density at radius 2 is 2.04 bits per heavy atom. The van der Waals surface area contributed by atoms with E-state index >= 15 is 0 Å². The first kappa shape index (κ1) is 19.5. The molecule has 0 spiro atoms. The Morgan fingerprint density at radius 1 is 1.25 bits per heavy atom. The molecule has 140 valence electrons. The minimum absolute atomic E-state index is 0.375. The summed E-state index contributed by atoms with van der Waals surface area (Å²) >= 11 is 0. The lowest BCUT2D eigenvalue weighted by molar-refractivity contribution is 0.0778. The molecule has 1 unspecified atom stereocenters. The number of rotatable bonds is 8. The highest BCUT2D eigenvalue weighted by atomic mass is 16.5. The van der Waals surface area contributed by atoms with E-state index in [9.17, 15) is 0 Å². The van der Waals surface area contributed by atoms with Gasteiger partial charge in [-0.2, -0.15) is 0 Å². The Kier molecular flexibility index (Phi) is 7.78. The van der Waals surface area contributed by atoms with Gasteiger partial charge in [0.25, 0.3) is 0 Å². The molecule has 1 atom stereocenters. The molecule has 1 saturated heterocycles. The number of hydrogen-bond donors (Lipinski definition) is 2. The van der Waals surface area contributed by atoms with Crippen LogP contribution < -0.4 is 10.6 Å². The van der Waals surface area contributed by atoms with Crippen molar-refractivity contribution < 1.29 is 4.74 Å². The third-order valence-corrected chi connectivity index (χ3v) is 5.65. The summed E-state index contributed by atoms with van der Waals surface area (Å²) in [6.45, 7) is 9.13. The van der Waals surface area contributed by atoms with Gasteiger partial charge >= 0.3 is 0 Å². The average Bonchev–Trinajstić information content (AvgIpc) is 2.54. The van der Waals surface area contributed by atoms with Crippen LogP contribution in [-0.2, 0) is 4.74 Å². The molecule has 6 heteroatoms. The molecule has 0 amide bonds. The zero-order valence-electron chi connectivity index (χ0n) is 16.1. The fourth-order valence-corrected chi connectivity index (χ4v) is 3.61. The van der Waals surface area contributed by atoms with Crippen LogP contribution in [0.2, 0.25) is 0 Å². The van der Waals surface area contributed by atoms with E-state index in [1.807, 2.05) is 0 Å². The maximum atomic E-state index is 5.29. The molecule has 2 aliphatic rings. The van der Waals surface area contributed by atoms with Crippen LogP contribution in [0.5, 0.6) is 0 Å².